The number of thiazole rings is 1. The summed E-state index contributed by atoms with van der Waals surface area (Å²) < 4.78 is 26.3. The lowest BCUT2D eigenvalue weighted by atomic mass is 9.95. The summed E-state index contributed by atoms with van der Waals surface area (Å²) in [4.78, 5) is 32.7. The Balaban J connectivity index is 1.53. The number of rotatable bonds is 4. The number of aliphatic hydroxyl groups excluding tert-OH is 1. The fraction of sp³-hybridized carbons (Fsp3) is 0.179. The molecule has 1 amide bonds. The van der Waals surface area contributed by atoms with Crippen LogP contribution < -0.4 is 14.4 Å². The summed E-state index contributed by atoms with van der Waals surface area (Å²) in [5, 5.41) is 11.6. The second kappa shape index (κ2) is 9.01. The highest BCUT2D eigenvalue weighted by Gasteiger charge is 2.48. The molecule has 1 N–H and O–H groups in total. The Labute approximate surface area is 215 Å². The number of anilines is 1. The van der Waals surface area contributed by atoms with Crippen molar-refractivity contribution in [2.24, 2.45) is 0 Å². The fourth-order valence-corrected chi connectivity index (χ4v) is 5.70. The zero-order valence-electron chi connectivity index (χ0n) is 19.7. The number of Topliss-reactive ketones (excluding diaryl/α,β-unsaturated/α-hetero) is 1. The van der Waals surface area contributed by atoms with Gasteiger partial charge in [-0.1, -0.05) is 36.5 Å². The van der Waals surface area contributed by atoms with Gasteiger partial charge in [0.1, 0.15) is 24.8 Å². The molecule has 0 bridgehead atoms. The molecular formula is C28H21FN2O5S. The van der Waals surface area contributed by atoms with E-state index in [1.807, 2.05) is 25.1 Å². The molecule has 37 heavy (non-hydrogen) atoms. The summed E-state index contributed by atoms with van der Waals surface area (Å²) in [7, 11) is 0. The van der Waals surface area contributed by atoms with Crippen LogP contribution in [0.5, 0.6) is 11.5 Å². The topological polar surface area (TPSA) is 89.0 Å². The van der Waals surface area contributed by atoms with Gasteiger partial charge in [0.15, 0.2) is 16.6 Å². The lowest BCUT2D eigenvalue weighted by Crippen LogP contribution is -2.29. The van der Waals surface area contributed by atoms with Gasteiger partial charge >= 0.3 is 5.91 Å². The number of aromatic nitrogens is 1. The van der Waals surface area contributed by atoms with Crippen molar-refractivity contribution in [3.8, 4) is 11.5 Å². The van der Waals surface area contributed by atoms with Gasteiger partial charge in [0.2, 0.25) is 0 Å². The van der Waals surface area contributed by atoms with Crippen LogP contribution in [0.4, 0.5) is 9.52 Å². The molecule has 186 valence electrons. The van der Waals surface area contributed by atoms with Crippen LogP contribution >= 0.6 is 11.3 Å². The van der Waals surface area contributed by atoms with Gasteiger partial charge in [-0.25, -0.2) is 9.37 Å². The number of nitrogens with zero attached hydrogens (tertiary/aromatic N) is 2. The molecule has 4 aromatic rings. The minimum atomic E-state index is -1.07. The maximum Gasteiger partial charge on any atom is 0.301 e. The minimum Gasteiger partial charge on any atom is -0.507 e. The van der Waals surface area contributed by atoms with E-state index in [4.69, 9.17) is 9.47 Å². The quantitative estimate of drug-likeness (QED) is 0.222. The van der Waals surface area contributed by atoms with E-state index in [2.05, 4.69) is 4.98 Å². The molecule has 0 spiro atoms. The first-order chi connectivity index (χ1) is 17.9. The Kier molecular flexibility index (Phi) is 5.64. The Morgan fingerprint density at radius 2 is 1.89 bits per heavy atom. The van der Waals surface area contributed by atoms with E-state index in [1.54, 1.807) is 24.3 Å². The SMILES string of the molecule is CCc1ccc2nc(N3C(=O)C(=O)/C(=C(/O)c4ccc5c(c4)OCCO5)C3c3cccc(F)c3)sc2c1. The first-order valence-corrected chi connectivity index (χ1v) is 12.6. The molecule has 0 saturated carbocycles. The molecule has 3 aromatic carbocycles. The number of hydrogen-bond acceptors (Lipinski definition) is 7. The van der Waals surface area contributed by atoms with Gasteiger partial charge in [-0.05, 0) is 60.0 Å². The number of benzene rings is 3. The van der Waals surface area contributed by atoms with E-state index in [1.165, 1.54) is 34.4 Å². The van der Waals surface area contributed by atoms with E-state index < -0.39 is 23.5 Å². The molecule has 0 radical (unpaired) electrons. The van der Waals surface area contributed by atoms with Crippen molar-refractivity contribution >= 4 is 44.1 Å². The summed E-state index contributed by atoms with van der Waals surface area (Å²) in [6.07, 6.45) is 0.840. The maximum absolute atomic E-state index is 14.3. The molecule has 9 heteroatoms. The van der Waals surface area contributed by atoms with Crippen molar-refractivity contribution in [1.82, 2.24) is 4.98 Å². The average Bonchev–Trinajstić information content (AvgIpc) is 3.45. The van der Waals surface area contributed by atoms with E-state index >= 15 is 0 Å². The van der Waals surface area contributed by atoms with Gasteiger partial charge in [-0.3, -0.25) is 14.5 Å². The predicted octanol–water partition coefficient (Wildman–Crippen LogP) is 5.40. The van der Waals surface area contributed by atoms with Crippen molar-refractivity contribution in [2.45, 2.75) is 19.4 Å². The molecule has 1 unspecified atom stereocenters. The van der Waals surface area contributed by atoms with Crippen molar-refractivity contribution in [2.75, 3.05) is 18.1 Å². The largest absolute Gasteiger partial charge is 0.507 e. The van der Waals surface area contributed by atoms with Crippen LogP contribution in [0.15, 0.2) is 66.2 Å². The number of aryl methyl sites for hydroxylation is 1. The third-order valence-electron chi connectivity index (χ3n) is 6.48. The van der Waals surface area contributed by atoms with Crippen LogP contribution in [0.25, 0.3) is 16.0 Å². The normalized spacial score (nSPS) is 18.5. The van der Waals surface area contributed by atoms with Crippen LogP contribution in [-0.4, -0.2) is 35.0 Å². The molecule has 2 aliphatic rings. The Hall–Kier alpha value is -4.24. The van der Waals surface area contributed by atoms with Crippen molar-refractivity contribution in [3.63, 3.8) is 0 Å². The smallest absolute Gasteiger partial charge is 0.301 e. The Morgan fingerprint density at radius 1 is 1.08 bits per heavy atom. The zero-order valence-corrected chi connectivity index (χ0v) is 20.5. The predicted molar refractivity (Wildman–Crippen MR) is 138 cm³/mol. The summed E-state index contributed by atoms with van der Waals surface area (Å²) in [5.41, 5.74) is 2.27. The second-order valence-corrected chi connectivity index (χ2v) is 9.74. The van der Waals surface area contributed by atoms with E-state index in [-0.39, 0.29) is 16.9 Å². The third-order valence-corrected chi connectivity index (χ3v) is 7.50. The zero-order chi connectivity index (χ0) is 25.7. The number of hydrogen-bond donors (Lipinski definition) is 1. The van der Waals surface area contributed by atoms with Gasteiger partial charge < -0.3 is 14.6 Å². The average molecular weight is 517 g/mol. The highest BCUT2D eigenvalue weighted by Crippen LogP contribution is 2.45. The molecule has 1 saturated heterocycles. The lowest BCUT2D eigenvalue weighted by Gasteiger charge is -2.23. The molecule has 3 heterocycles. The second-order valence-electron chi connectivity index (χ2n) is 8.73. The fourth-order valence-electron chi connectivity index (χ4n) is 4.65. The van der Waals surface area contributed by atoms with Gasteiger partial charge in [0, 0.05) is 5.56 Å². The Bertz CT molecular complexity index is 1610. The number of carbonyl (C=O) groups is 2. The monoisotopic (exact) mass is 516 g/mol. The number of ether oxygens (including phenoxy) is 2. The van der Waals surface area contributed by atoms with Gasteiger partial charge in [-0.15, -0.1) is 0 Å². The first-order valence-electron chi connectivity index (χ1n) is 11.8. The molecule has 6 rings (SSSR count). The van der Waals surface area contributed by atoms with Gasteiger partial charge in [-0.2, -0.15) is 0 Å². The van der Waals surface area contributed by atoms with E-state index in [0.717, 1.165) is 16.7 Å². The van der Waals surface area contributed by atoms with E-state index in [0.29, 0.717) is 40.9 Å². The van der Waals surface area contributed by atoms with Crippen molar-refractivity contribution in [1.29, 1.82) is 0 Å². The molecule has 1 fully saturated rings. The van der Waals surface area contributed by atoms with Crippen LogP contribution in [0.3, 0.4) is 0 Å². The van der Waals surface area contributed by atoms with Crippen LogP contribution in [0.2, 0.25) is 0 Å². The number of ketones is 1. The minimum absolute atomic E-state index is 0.152. The van der Waals surface area contributed by atoms with Crippen molar-refractivity contribution in [3.05, 3.63) is 88.7 Å². The van der Waals surface area contributed by atoms with Gasteiger partial charge in [0.05, 0.1) is 21.8 Å². The molecular weight excluding hydrogens is 495 g/mol. The van der Waals surface area contributed by atoms with Gasteiger partial charge in [0.25, 0.3) is 5.78 Å². The molecule has 1 aromatic heterocycles. The maximum atomic E-state index is 14.3. The first kappa shape index (κ1) is 23.2. The van der Waals surface area contributed by atoms with Crippen LogP contribution in [0.1, 0.15) is 29.7 Å². The lowest BCUT2D eigenvalue weighted by molar-refractivity contribution is -0.132. The summed E-state index contributed by atoms with van der Waals surface area (Å²) in [6.45, 7) is 2.80. The highest BCUT2D eigenvalue weighted by molar-refractivity contribution is 7.22. The summed E-state index contributed by atoms with van der Waals surface area (Å²) in [5.74, 6) is -1.70. The highest BCUT2D eigenvalue weighted by atomic mass is 32.1. The third kappa shape index (κ3) is 3.92. The molecule has 0 aliphatic carbocycles. The standard InChI is InChI=1S/C28H21FN2O5S/c1-2-15-6-8-19-22(12-15)37-28(30-19)31-24(16-4-3-5-18(29)13-16)23(26(33)27(31)34)25(32)17-7-9-20-21(14-17)36-11-10-35-20/h3-9,12-14,24,32H,2,10-11H2,1H3/b25-23+. The van der Waals surface area contributed by atoms with E-state index in [9.17, 15) is 19.1 Å². The number of aliphatic hydroxyl groups is 1. The number of carbonyl (C=O) groups excluding carboxylic acids is 2. The molecule has 2 aliphatic heterocycles. The number of fused-ring (bicyclic) bond motifs is 2. The van der Waals surface area contributed by atoms with Crippen molar-refractivity contribution < 1.29 is 28.6 Å². The number of amides is 1. The molecule has 1 atom stereocenters. The molecule has 7 nitrogen and oxygen atoms in total. The summed E-state index contributed by atoms with van der Waals surface area (Å²) in [6, 6.07) is 15.2. The van der Waals surface area contributed by atoms with Crippen LogP contribution in [-0.2, 0) is 16.0 Å². The Morgan fingerprint density at radius 3 is 2.68 bits per heavy atom. The summed E-state index contributed by atoms with van der Waals surface area (Å²) >= 11 is 1.27. The number of halogens is 1. The van der Waals surface area contributed by atoms with Crippen LogP contribution in [0, 0.1) is 5.82 Å².